The van der Waals surface area contributed by atoms with E-state index in [0.717, 1.165) is 7.11 Å². The molecule has 0 spiro atoms. The van der Waals surface area contributed by atoms with Gasteiger partial charge in [-0.1, -0.05) is 26.0 Å². The predicted octanol–water partition coefficient (Wildman–Crippen LogP) is -0.206. The highest BCUT2D eigenvalue weighted by Gasteiger charge is 2.51. The van der Waals surface area contributed by atoms with Crippen molar-refractivity contribution in [2.75, 3.05) is 20.8 Å². The summed E-state index contributed by atoms with van der Waals surface area (Å²) >= 11 is 0. The maximum Gasteiger partial charge on any atom is 0.339 e. The van der Waals surface area contributed by atoms with Crippen LogP contribution in [0.15, 0.2) is 24.3 Å². The lowest BCUT2D eigenvalue weighted by molar-refractivity contribution is -0.181. The molecule has 1 aromatic rings. The molecule has 0 aliphatic rings. The van der Waals surface area contributed by atoms with Crippen molar-refractivity contribution in [3.05, 3.63) is 35.4 Å². The number of nitrogens with one attached hydrogen (secondary N) is 1. The average molecular weight is 394 g/mol. The van der Waals surface area contributed by atoms with Crippen LogP contribution in [0.4, 0.5) is 0 Å². The molecule has 28 heavy (non-hydrogen) atoms. The third-order valence-electron chi connectivity index (χ3n) is 4.29. The molecule has 154 valence electrons. The van der Waals surface area contributed by atoms with Crippen molar-refractivity contribution in [3.63, 3.8) is 0 Å². The van der Waals surface area contributed by atoms with E-state index in [1.54, 1.807) is 13.8 Å². The minimum absolute atomic E-state index is 0.221. The summed E-state index contributed by atoms with van der Waals surface area (Å²) in [4.78, 5) is 47.2. The van der Waals surface area contributed by atoms with Crippen molar-refractivity contribution in [3.8, 4) is 0 Å². The third kappa shape index (κ3) is 5.53. The summed E-state index contributed by atoms with van der Waals surface area (Å²) < 4.78 is 9.48. The maximum atomic E-state index is 12.3. The van der Waals surface area contributed by atoms with Crippen molar-refractivity contribution >= 4 is 23.8 Å². The second-order valence-electron chi connectivity index (χ2n) is 6.68. The lowest BCUT2D eigenvalue weighted by Crippen LogP contribution is -2.54. The van der Waals surface area contributed by atoms with E-state index in [0.29, 0.717) is 5.56 Å². The summed E-state index contributed by atoms with van der Waals surface area (Å²) in [6.07, 6.45) is -0.221. The van der Waals surface area contributed by atoms with E-state index < -0.39 is 41.2 Å². The van der Waals surface area contributed by atoms with Gasteiger partial charge in [0.15, 0.2) is 5.60 Å². The van der Waals surface area contributed by atoms with Crippen LogP contribution in [0.1, 0.15) is 29.8 Å². The number of carbonyl (C=O) groups is 4. The Morgan fingerprint density at radius 1 is 1.11 bits per heavy atom. The van der Waals surface area contributed by atoms with Crippen LogP contribution in [0.5, 0.6) is 0 Å². The van der Waals surface area contributed by atoms with Gasteiger partial charge in [0.2, 0.25) is 5.91 Å². The van der Waals surface area contributed by atoms with Crippen molar-refractivity contribution in [1.82, 2.24) is 5.32 Å². The number of nitrogens with two attached hydrogens (primary N) is 1. The van der Waals surface area contributed by atoms with Gasteiger partial charge in [0.05, 0.1) is 26.7 Å². The van der Waals surface area contributed by atoms with Crippen molar-refractivity contribution in [2.24, 2.45) is 17.6 Å². The Balaban J connectivity index is 3.13. The predicted molar refractivity (Wildman–Crippen MR) is 99.0 cm³/mol. The summed E-state index contributed by atoms with van der Waals surface area (Å²) in [6.45, 7) is 3.07. The highest BCUT2D eigenvalue weighted by atomic mass is 16.5. The van der Waals surface area contributed by atoms with Gasteiger partial charge in [-0.05, 0) is 23.6 Å². The Kier molecular flexibility index (Phi) is 8.12. The molecule has 0 aliphatic carbocycles. The van der Waals surface area contributed by atoms with E-state index in [-0.39, 0.29) is 18.5 Å². The minimum atomic E-state index is -2.15. The number of esters is 2. The fourth-order valence-corrected chi connectivity index (χ4v) is 2.99. The maximum absolute atomic E-state index is 12.3. The average Bonchev–Trinajstić information content (AvgIpc) is 2.65. The van der Waals surface area contributed by atoms with E-state index in [9.17, 15) is 24.3 Å². The molecule has 2 amide bonds. The number of benzene rings is 1. The first-order valence-electron chi connectivity index (χ1n) is 8.60. The quantitative estimate of drug-likeness (QED) is 0.492. The fourth-order valence-electron chi connectivity index (χ4n) is 2.99. The summed E-state index contributed by atoms with van der Waals surface area (Å²) in [7, 11) is 2.29. The normalized spacial score (nSPS) is 13.9. The van der Waals surface area contributed by atoms with Crippen molar-refractivity contribution in [2.45, 2.75) is 25.9 Å². The molecule has 2 unspecified atom stereocenters. The molecule has 1 aromatic carbocycles. The first kappa shape index (κ1) is 23.1. The zero-order valence-corrected chi connectivity index (χ0v) is 16.4. The number of hydrogen-bond donors (Lipinski definition) is 3. The monoisotopic (exact) mass is 394 g/mol. The highest BCUT2D eigenvalue weighted by molar-refractivity contribution is 5.96. The lowest BCUT2D eigenvalue weighted by Gasteiger charge is -2.34. The Labute approximate surface area is 163 Å². The Morgan fingerprint density at radius 3 is 2.11 bits per heavy atom. The van der Waals surface area contributed by atoms with Gasteiger partial charge in [0.1, 0.15) is 0 Å². The number of methoxy groups -OCH3 is 2. The number of hydrogen-bond acceptors (Lipinski definition) is 7. The molecule has 0 fully saturated rings. The molecule has 0 aliphatic heterocycles. The third-order valence-corrected chi connectivity index (χ3v) is 4.29. The molecule has 0 aromatic heterocycles. The zero-order chi connectivity index (χ0) is 21.5. The SMILES string of the molecule is COC(=O)C(C(C)C)C(O)(Cc1ccc(C(=O)NCC(N)=O)cc1)C(=O)OC. The fraction of sp³-hybridized carbons (Fsp3) is 0.474. The zero-order valence-electron chi connectivity index (χ0n) is 16.4. The van der Waals surface area contributed by atoms with Crippen LogP contribution in [0, 0.1) is 11.8 Å². The van der Waals surface area contributed by atoms with Gasteiger partial charge in [-0.15, -0.1) is 0 Å². The van der Waals surface area contributed by atoms with Gasteiger partial charge in [-0.25, -0.2) is 4.79 Å². The summed E-state index contributed by atoms with van der Waals surface area (Å²) in [5.41, 5.74) is 3.59. The Bertz CT molecular complexity index is 730. The molecule has 9 heteroatoms. The number of carbonyl (C=O) groups excluding carboxylic acids is 4. The molecule has 0 saturated carbocycles. The number of aliphatic hydroxyl groups is 1. The Hall–Kier alpha value is -2.94. The van der Waals surface area contributed by atoms with Crippen molar-refractivity contribution < 1.29 is 33.8 Å². The first-order chi connectivity index (χ1) is 13.1. The molecular weight excluding hydrogens is 368 g/mol. The topological polar surface area (TPSA) is 145 Å². The van der Waals surface area contributed by atoms with Gasteiger partial charge < -0.3 is 25.6 Å². The molecule has 0 saturated heterocycles. The number of amides is 2. The van der Waals surface area contributed by atoms with Crippen LogP contribution < -0.4 is 11.1 Å². The van der Waals surface area contributed by atoms with Gasteiger partial charge in [-0.3, -0.25) is 14.4 Å². The summed E-state index contributed by atoms with van der Waals surface area (Å²) in [5.74, 6) is -4.41. The molecular formula is C19H26N2O7. The van der Waals surface area contributed by atoms with E-state index in [1.165, 1.54) is 31.4 Å². The molecule has 0 bridgehead atoms. The van der Waals surface area contributed by atoms with Crippen molar-refractivity contribution in [1.29, 1.82) is 0 Å². The molecule has 0 radical (unpaired) electrons. The largest absolute Gasteiger partial charge is 0.469 e. The van der Waals surface area contributed by atoms with Crippen LogP contribution in [-0.4, -0.2) is 55.2 Å². The van der Waals surface area contributed by atoms with Crippen LogP contribution in [-0.2, 0) is 30.3 Å². The number of ether oxygens (including phenoxy) is 2. The van der Waals surface area contributed by atoms with Gasteiger partial charge in [0.25, 0.3) is 5.91 Å². The van der Waals surface area contributed by atoms with Gasteiger partial charge >= 0.3 is 11.9 Å². The van der Waals surface area contributed by atoms with Crippen LogP contribution >= 0.6 is 0 Å². The van der Waals surface area contributed by atoms with Gasteiger partial charge in [0, 0.05) is 12.0 Å². The van der Waals surface area contributed by atoms with Crippen LogP contribution in [0.3, 0.4) is 0 Å². The van der Waals surface area contributed by atoms with Crippen LogP contribution in [0.2, 0.25) is 0 Å². The van der Waals surface area contributed by atoms with E-state index >= 15 is 0 Å². The van der Waals surface area contributed by atoms with Gasteiger partial charge in [-0.2, -0.15) is 0 Å². The lowest BCUT2D eigenvalue weighted by atomic mass is 9.76. The minimum Gasteiger partial charge on any atom is -0.469 e. The standard InChI is InChI=1S/C19H26N2O7/c1-11(2)15(17(24)27-3)19(26,18(25)28-4)9-12-5-7-13(8-6-12)16(23)21-10-14(20)22/h5-8,11,15,26H,9-10H2,1-4H3,(H2,20,22)(H,21,23). The van der Waals surface area contributed by atoms with Crippen LogP contribution in [0.25, 0.3) is 0 Å². The molecule has 9 nitrogen and oxygen atoms in total. The number of primary amides is 1. The molecule has 1 rings (SSSR count). The second kappa shape index (κ2) is 9.84. The summed E-state index contributed by atoms with van der Waals surface area (Å²) in [5, 5.41) is 13.4. The Morgan fingerprint density at radius 2 is 1.68 bits per heavy atom. The number of rotatable bonds is 9. The molecule has 2 atom stereocenters. The smallest absolute Gasteiger partial charge is 0.339 e. The second-order valence-corrected chi connectivity index (χ2v) is 6.68. The highest BCUT2D eigenvalue weighted by Crippen LogP contribution is 2.31. The first-order valence-corrected chi connectivity index (χ1v) is 8.60. The molecule has 4 N–H and O–H groups in total. The molecule has 0 heterocycles. The van der Waals surface area contributed by atoms with E-state index in [2.05, 4.69) is 5.32 Å². The summed E-state index contributed by atoms with van der Waals surface area (Å²) in [6, 6.07) is 5.99. The van der Waals surface area contributed by atoms with E-state index in [4.69, 9.17) is 15.2 Å². The van der Waals surface area contributed by atoms with E-state index in [1.807, 2.05) is 0 Å².